The Labute approximate surface area is 160 Å². The van der Waals surface area contributed by atoms with E-state index >= 15 is 0 Å². The molecular formula is C23H24N2O2. The topological polar surface area (TPSA) is 44.1 Å². The van der Waals surface area contributed by atoms with Crippen LogP contribution in [0.5, 0.6) is 5.75 Å². The number of hydrogen-bond acceptors (Lipinski definition) is 3. The zero-order chi connectivity index (χ0) is 18.9. The van der Waals surface area contributed by atoms with Gasteiger partial charge in [-0.25, -0.2) is 4.98 Å². The van der Waals surface area contributed by atoms with Gasteiger partial charge in [-0.3, -0.25) is 4.79 Å². The van der Waals surface area contributed by atoms with E-state index in [2.05, 4.69) is 11.9 Å². The number of benzene rings is 2. The average molecular weight is 360 g/mol. The van der Waals surface area contributed by atoms with E-state index < -0.39 is 0 Å². The first-order valence-electron chi connectivity index (χ1n) is 9.30. The molecule has 0 saturated heterocycles. The van der Waals surface area contributed by atoms with Crippen LogP contribution >= 0.6 is 0 Å². The van der Waals surface area contributed by atoms with Crippen molar-refractivity contribution in [1.29, 1.82) is 0 Å². The van der Waals surface area contributed by atoms with Crippen molar-refractivity contribution in [3.63, 3.8) is 0 Å². The maximum atomic E-state index is 12.4. The van der Waals surface area contributed by atoms with Gasteiger partial charge in [0.15, 0.2) is 5.78 Å². The standard InChI is InChI=1S/C23H24N2O2/c1-2-3-4-17-27-22-12-5-19(6-13-22)7-14-23(26)20-8-10-21(11-9-20)25-16-15-24-18-25/h5-16,18H,2-4,17H2,1H3/b14-7+. The maximum absolute atomic E-state index is 12.4. The fourth-order valence-corrected chi connectivity index (χ4v) is 2.70. The van der Waals surface area contributed by atoms with E-state index in [4.69, 9.17) is 4.74 Å². The van der Waals surface area contributed by atoms with Crippen molar-refractivity contribution in [3.8, 4) is 11.4 Å². The van der Waals surface area contributed by atoms with Gasteiger partial charge in [0, 0.05) is 23.6 Å². The second-order valence-corrected chi connectivity index (χ2v) is 6.34. The second-order valence-electron chi connectivity index (χ2n) is 6.34. The minimum absolute atomic E-state index is 0.0212. The lowest BCUT2D eigenvalue weighted by Crippen LogP contribution is -1.97. The Kier molecular flexibility index (Phi) is 6.58. The summed E-state index contributed by atoms with van der Waals surface area (Å²) in [5, 5.41) is 0. The van der Waals surface area contributed by atoms with Crippen LogP contribution in [0.2, 0.25) is 0 Å². The van der Waals surface area contributed by atoms with Crippen LogP contribution in [0.1, 0.15) is 42.1 Å². The molecule has 0 N–H and O–H groups in total. The van der Waals surface area contributed by atoms with Gasteiger partial charge in [-0.1, -0.05) is 38.0 Å². The molecule has 0 atom stereocenters. The summed E-state index contributed by atoms with van der Waals surface area (Å²) < 4.78 is 7.60. The highest BCUT2D eigenvalue weighted by molar-refractivity contribution is 6.06. The Morgan fingerprint density at radius 2 is 1.85 bits per heavy atom. The number of ether oxygens (including phenoxy) is 1. The van der Waals surface area contributed by atoms with Crippen LogP contribution in [-0.4, -0.2) is 21.9 Å². The summed E-state index contributed by atoms with van der Waals surface area (Å²) in [6, 6.07) is 15.3. The number of hydrogen-bond donors (Lipinski definition) is 0. The molecule has 0 aliphatic heterocycles. The van der Waals surface area contributed by atoms with Crippen molar-refractivity contribution in [2.75, 3.05) is 6.61 Å². The quantitative estimate of drug-likeness (QED) is 0.294. The Morgan fingerprint density at radius 3 is 2.52 bits per heavy atom. The summed E-state index contributed by atoms with van der Waals surface area (Å²) in [4.78, 5) is 16.4. The van der Waals surface area contributed by atoms with Crippen LogP contribution < -0.4 is 4.74 Å². The summed E-state index contributed by atoms with van der Waals surface area (Å²) in [7, 11) is 0. The van der Waals surface area contributed by atoms with Gasteiger partial charge in [0.1, 0.15) is 5.75 Å². The Balaban J connectivity index is 1.56. The zero-order valence-corrected chi connectivity index (χ0v) is 15.5. The average Bonchev–Trinajstić information content (AvgIpc) is 3.25. The van der Waals surface area contributed by atoms with Gasteiger partial charge in [0.2, 0.25) is 0 Å². The SMILES string of the molecule is CCCCCOc1ccc(/C=C/C(=O)c2ccc(-n3ccnc3)cc2)cc1. The lowest BCUT2D eigenvalue weighted by atomic mass is 10.1. The first kappa shape index (κ1) is 18.6. The monoisotopic (exact) mass is 360 g/mol. The maximum Gasteiger partial charge on any atom is 0.185 e. The summed E-state index contributed by atoms with van der Waals surface area (Å²) in [6.07, 6.45) is 12.2. The van der Waals surface area contributed by atoms with Gasteiger partial charge in [0.05, 0.1) is 12.9 Å². The normalized spacial score (nSPS) is 11.0. The first-order chi connectivity index (χ1) is 13.3. The molecule has 138 valence electrons. The van der Waals surface area contributed by atoms with E-state index in [-0.39, 0.29) is 5.78 Å². The molecule has 0 unspecified atom stereocenters. The third-order valence-corrected chi connectivity index (χ3v) is 4.28. The number of rotatable bonds is 9. The Bertz CT molecular complexity index is 864. The predicted molar refractivity (Wildman–Crippen MR) is 108 cm³/mol. The predicted octanol–water partition coefficient (Wildman–Crippen LogP) is 5.34. The fraction of sp³-hybridized carbons (Fsp3) is 0.217. The van der Waals surface area contributed by atoms with Crippen LogP contribution in [0.15, 0.2) is 73.3 Å². The summed E-state index contributed by atoms with van der Waals surface area (Å²) >= 11 is 0. The highest BCUT2D eigenvalue weighted by atomic mass is 16.5. The molecule has 2 aromatic carbocycles. The molecule has 0 fully saturated rings. The molecule has 0 saturated carbocycles. The van der Waals surface area contributed by atoms with Gasteiger partial charge in [-0.2, -0.15) is 0 Å². The van der Waals surface area contributed by atoms with Gasteiger partial charge in [-0.05, 0) is 54.5 Å². The molecule has 3 rings (SSSR count). The van der Waals surface area contributed by atoms with Crippen molar-refractivity contribution in [3.05, 3.63) is 84.5 Å². The van der Waals surface area contributed by atoms with E-state index in [0.717, 1.165) is 30.0 Å². The lowest BCUT2D eigenvalue weighted by Gasteiger charge is -2.05. The molecule has 0 aliphatic carbocycles. The number of imidazole rings is 1. The highest BCUT2D eigenvalue weighted by Crippen LogP contribution is 2.15. The number of aromatic nitrogens is 2. The Morgan fingerprint density at radius 1 is 1.07 bits per heavy atom. The minimum atomic E-state index is -0.0212. The molecule has 1 heterocycles. The van der Waals surface area contributed by atoms with E-state index in [1.807, 2.05) is 65.4 Å². The van der Waals surface area contributed by atoms with Crippen molar-refractivity contribution in [2.24, 2.45) is 0 Å². The molecule has 27 heavy (non-hydrogen) atoms. The van der Waals surface area contributed by atoms with Gasteiger partial charge < -0.3 is 9.30 Å². The van der Waals surface area contributed by atoms with Crippen molar-refractivity contribution >= 4 is 11.9 Å². The third kappa shape index (κ3) is 5.42. The number of carbonyl (C=O) groups excluding carboxylic acids is 1. The lowest BCUT2D eigenvalue weighted by molar-refractivity contribution is 0.104. The number of ketones is 1. The molecule has 0 amide bonds. The van der Waals surface area contributed by atoms with Crippen LogP contribution in [0.3, 0.4) is 0 Å². The molecule has 1 aromatic heterocycles. The minimum Gasteiger partial charge on any atom is -0.494 e. The highest BCUT2D eigenvalue weighted by Gasteiger charge is 2.03. The van der Waals surface area contributed by atoms with E-state index in [0.29, 0.717) is 5.56 Å². The summed E-state index contributed by atoms with van der Waals surface area (Å²) in [5.74, 6) is 0.844. The second kappa shape index (κ2) is 9.53. The first-order valence-corrected chi connectivity index (χ1v) is 9.30. The van der Waals surface area contributed by atoms with E-state index in [9.17, 15) is 4.79 Å². The smallest absolute Gasteiger partial charge is 0.185 e. The number of nitrogens with zero attached hydrogens (tertiary/aromatic N) is 2. The molecule has 0 aliphatic rings. The van der Waals surface area contributed by atoms with Crippen LogP contribution in [0.25, 0.3) is 11.8 Å². The van der Waals surface area contributed by atoms with Crippen LogP contribution in [0.4, 0.5) is 0 Å². The third-order valence-electron chi connectivity index (χ3n) is 4.28. The zero-order valence-electron chi connectivity index (χ0n) is 15.5. The van der Waals surface area contributed by atoms with Crippen molar-refractivity contribution in [2.45, 2.75) is 26.2 Å². The molecule has 0 spiro atoms. The van der Waals surface area contributed by atoms with Gasteiger partial charge >= 0.3 is 0 Å². The van der Waals surface area contributed by atoms with Crippen LogP contribution in [-0.2, 0) is 0 Å². The molecule has 4 heteroatoms. The number of unbranched alkanes of at least 4 members (excludes halogenated alkanes) is 2. The van der Waals surface area contributed by atoms with Crippen molar-refractivity contribution in [1.82, 2.24) is 9.55 Å². The van der Waals surface area contributed by atoms with Crippen LogP contribution in [0, 0.1) is 0 Å². The largest absolute Gasteiger partial charge is 0.494 e. The molecule has 4 nitrogen and oxygen atoms in total. The van der Waals surface area contributed by atoms with E-state index in [1.54, 1.807) is 18.6 Å². The fourth-order valence-electron chi connectivity index (χ4n) is 2.70. The van der Waals surface area contributed by atoms with Crippen molar-refractivity contribution < 1.29 is 9.53 Å². The number of carbonyl (C=O) groups is 1. The summed E-state index contributed by atoms with van der Waals surface area (Å²) in [5.41, 5.74) is 2.60. The molecule has 0 radical (unpaired) electrons. The summed E-state index contributed by atoms with van der Waals surface area (Å²) in [6.45, 7) is 2.92. The number of allylic oxidation sites excluding steroid dienone is 1. The van der Waals surface area contributed by atoms with E-state index in [1.165, 1.54) is 12.8 Å². The molecule has 0 bridgehead atoms. The van der Waals surface area contributed by atoms with Gasteiger partial charge in [0.25, 0.3) is 0 Å². The molecule has 3 aromatic rings. The Hall–Kier alpha value is -3.14. The molecular weight excluding hydrogens is 336 g/mol. The van der Waals surface area contributed by atoms with Gasteiger partial charge in [-0.15, -0.1) is 0 Å².